The quantitative estimate of drug-likeness (QED) is 0.864. The zero-order valence-electron chi connectivity index (χ0n) is 10.9. The lowest BCUT2D eigenvalue weighted by atomic mass is 9.73. The average molecular weight is 272 g/mol. The summed E-state index contributed by atoms with van der Waals surface area (Å²) in [4.78, 5) is 0. The third-order valence-electron chi connectivity index (χ3n) is 3.37. The van der Waals surface area contributed by atoms with Gasteiger partial charge in [0.25, 0.3) is 0 Å². The Morgan fingerprint density at radius 2 is 2.00 bits per heavy atom. The molecule has 0 atom stereocenters. The van der Waals surface area contributed by atoms with Crippen molar-refractivity contribution in [1.82, 2.24) is 0 Å². The van der Waals surface area contributed by atoms with Gasteiger partial charge < -0.3 is 14.4 Å². The summed E-state index contributed by atoms with van der Waals surface area (Å²) in [5.41, 5.74) is 1.93. The van der Waals surface area contributed by atoms with E-state index < -0.39 is 12.9 Å². The SMILES string of the molecule is OB1OCCc2ccc(OCc3ccccc3)c(F)c21. The molecule has 0 radical (unpaired) electrons. The molecule has 0 unspecified atom stereocenters. The Morgan fingerprint density at radius 1 is 1.20 bits per heavy atom. The average Bonchev–Trinajstić information content (AvgIpc) is 2.48. The highest BCUT2D eigenvalue weighted by molar-refractivity contribution is 6.61. The van der Waals surface area contributed by atoms with E-state index in [1.165, 1.54) is 0 Å². The molecule has 3 nitrogen and oxygen atoms in total. The lowest BCUT2D eigenvalue weighted by Gasteiger charge is -2.20. The summed E-state index contributed by atoms with van der Waals surface area (Å²) in [6.07, 6.45) is 0.599. The van der Waals surface area contributed by atoms with Crippen LogP contribution in [0.25, 0.3) is 0 Å². The maximum absolute atomic E-state index is 14.3. The van der Waals surface area contributed by atoms with Crippen LogP contribution < -0.4 is 10.2 Å². The van der Waals surface area contributed by atoms with Crippen molar-refractivity contribution in [2.45, 2.75) is 13.0 Å². The van der Waals surface area contributed by atoms with E-state index in [9.17, 15) is 9.41 Å². The van der Waals surface area contributed by atoms with E-state index in [1.807, 2.05) is 30.3 Å². The molecule has 1 aliphatic heterocycles. The minimum atomic E-state index is -1.21. The molecule has 0 bridgehead atoms. The molecular formula is C15H14BFO3. The van der Waals surface area contributed by atoms with Gasteiger partial charge in [0.15, 0.2) is 11.6 Å². The highest BCUT2D eigenvalue weighted by Gasteiger charge is 2.30. The number of ether oxygens (including phenoxy) is 1. The summed E-state index contributed by atoms with van der Waals surface area (Å²) in [5.74, 6) is -0.400. The predicted octanol–water partition coefficient (Wildman–Crippen LogP) is 1.66. The van der Waals surface area contributed by atoms with Crippen LogP contribution in [0.2, 0.25) is 0 Å². The minimum Gasteiger partial charge on any atom is -0.486 e. The number of benzene rings is 2. The highest BCUT2D eigenvalue weighted by Crippen LogP contribution is 2.21. The first-order valence-corrected chi connectivity index (χ1v) is 6.53. The van der Waals surface area contributed by atoms with Gasteiger partial charge in [0.05, 0.1) is 0 Å². The fraction of sp³-hybridized carbons (Fsp3) is 0.200. The summed E-state index contributed by atoms with van der Waals surface area (Å²) < 4.78 is 24.9. The van der Waals surface area contributed by atoms with Gasteiger partial charge in [-0.15, -0.1) is 0 Å². The molecule has 0 aromatic heterocycles. The van der Waals surface area contributed by atoms with Gasteiger partial charge in [-0.1, -0.05) is 36.4 Å². The Morgan fingerprint density at radius 3 is 2.80 bits per heavy atom. The molecule has 3 rings (SSSR count). The van der Waals surface area contributed by atoms with Crippen molar-refractivity contribution in [3.05, 3.63) is 59.4 Å². The minimum absolute atomic E-state index is 0.136. The van der Waals surface area contributed by atoms with Crippen molar-refractivity contribution in [2.75, 3.05) is 6.61 Å². The molecule has 1 aliphatic rings. The smallest absolute Gasteiger partial charge is 0.486 e. The molecule has 1 heterocycles. The van der Waals surface area contributed by atoms with E-state index in [1.54, 1.807) is 12.1 Å². The number of rotatable bonds is 3. The van der Waals surface area contributed by atoms with Crippen LogP contribution in [0.3, 0.4) is 0 Å². The fourth-order valence-electron chi connectivity index (χ4n) is 2.31. The molecule has 0 saturated carbocycles. The lowest BCUT2D eigenvalue weighted by Crippen LogP contribution is -2.43. The van der Waals surface area contributed by atoms with Crippen LogP contribution in [-0.4, -0.2) is 18.7 Å². The maximum Gasteiger partial charge on any atom is 0.494 e. The van der Waals surface area contributed by atoms with E-state index in [4.69, 9.17) is 9.39 Å². The monoisotopic (exact) mass is 272 g/mol. The second-order valence-corrected chi connectivity index (χ2v) is 4.70. The van der Waals surface area contributed by atoms with Crippen molar-refractivity contribution >= 4 is 12.6 Å². The summed E-state index contributed by atoms with van der Waals surface area (Å²) >= 11 is 0. The van der Waals surface area contributed by atoms with Gasteiger partial charge in [-0.3, -0.25) is 0 Å². The van der Waals surface area contributed by atoms with Crippen molar-refractivity contribution in [3.63, 3.8) is 0 Å². The number of fused-ring (bicyclic) bond motifs is 1. The fourth-order valence-corrected chi connectivity index (χ4v) is 2.31. The molecule has 20 heavy (non-hydrogen) atoms. The molecular weight excluding hydrogens is 258 g/mol. The standard InChI is InChI=1S/C15H14BFO3/c17-15-13(19-10-11-4-2-1-3-5-11)7-6-12-8-9-20-16(18)14(12)15/h1-7,18H,8-10H2. The second kappa shape index (κ2) is 5.65. The van der Waals surface area contributed by atoms with E-state index in [2.05, 4.69) is 0 Å². The van der Waals surface area contributed by atoms with Crippen LogP contribution in [0.4, 0.5) is 4.39 Å². The first kappa shape index (κ1) is 13.2. The topological polar surface area (TPSA) is 38.7 Å². The molecule has 0 fully saturated rings. The van der Waals surface area contributed by atoms with Crippen LogP contribution in [0.5, 0.6) is 5.75 Å². The molecule has 5 heteroatoms. The van der Waals surface area contributed by atoms with Crippen LogP contribution in [-0.2, 0) is 17.7 Å². The Balaban J connectivity index is 1.82. The van der Waals surface area contributed by atoms with Crippen molar-refractivity contribution in [3.8, 4) is 5.75 Å². The molecule has 0 amide bonds. The molecule has 2 aromatic carbocycles. The number of hydrogen-bond donors (Lipinski definition) is 1. The zero-order chi connectivity index (χ0) is 13.9. The Labute approximate surface area is 117 Å². The lowest BCUT2D eigenvalue weighted by molar-refractivity contribution is 0.261. The van der Waals surface area contributed by atoms with Gasteiger partial charge in [-0.2, -0.15) is 0 Å². The first-order valence-electron chi connectivity index (χ1n) is 6.53. The third-order valence-corrected chi connectivity index (χ3v) is 3.37. The highest BCUT2D eigenvalue weighted by atomic mass is 19.1. The maximum atomic E-state index is 14.3. The largest absolute Gasteiger partial charge is 0.494 e. The van der Waals surface area contributed by atoms with Crippen LogP contribution >= 0.6 is 0 Å². The number of halogens is 1. The molecule has 2 aromatic rings. The van der Waals surface area contributed by atoms with Gasteiger partial charge in [-0.05, 0) is 23.6 Å². The third kappa shape index (κ3) is 2.55. The van der Waals surface area contributed by atoms with E-state index in [-0.39, 0.29) is 17.8 Å². The zero-order valence-corrected chi connectivity index (χ0v) is 10.9. The van der Waals surface area contributed by atoms with Gasteiger partial charge >= 0.3 is 7.12 Å². The van der Waals surface area contributed by atoms with E-state index in [0.717, 1.165) is 11.1 Å². The first-order chi connectivity index (χ1) is 9.75. The van der Waals surface area contributed by atoms with Crippen molar-refractivity contribution in [1.29, 1.82) is 0 Å². The molecule has 0 aliphatic carbocycles. The summed E-state index contributed by atoms with van der Waals surface area (Å²) in [6, 6.07) is 12.9. The van der Waals surface area contributed by atoms with Crippen molar-refractivity contribution in [2.24, 2.45) is 0 Å². The summed E-state index contributed by atoms with van der Waals surface area (Å²) in [5, 5.41) is 9.73. The molecule has 0 saturated heterocycles. The van der Waals surface area contributed by atoms with E-state index >= 15 is 0 Å². The normalized spacial score (nSPS) is 14.0. The molecule has 0 spiro atoms. The van der Waals surface area contributed by atoms with Gasteiger partial charge in [0, 0.05) is 12.1 Å². The predicted molar refractivity (Wildman–Crippen MR) is 74.4 cm³/mol. The Bertz CT molecular complexity index is 604. The number of hydrogen-bond acceptors (Lipinski definition) is 3. The van der Waals surface area contributed by atoms with E-state index in [0.29, 0.717) is 13.0 Å². The molecule has 1 N–H and O–H groups in total. The van der Waals surface area contributed by atoms with Gasteiger partial charge in [0.2, 0.25) is 0 Å². The second-order valence-electron chi connectivity index (χ2n) is 4.70. The van der Waals surface area contributed by atoms with Gasteiger partial charge in [-0.25, -0.2) is 4.39 Å². The summed E-state index contributed by atoms with van der Waals surface area (Å²) in [6.45, 7) is 0.686. The van der Waals surface area contributed by atoms with Crippen LogP contribution in [0.15, 0.2) is 42.5 Å². The van der Waals surface area contributed by atoms with Crippen molar-refractivity contribution < 1.29 is 18.8 Å². The molecule has 102 valence electrons. The van der Waals surface area contributed by atoms with Crippen LogP contribution in [0, 0.1) is 5.82 Å². The Kier molecular flexibility index (Phi) is 3.71. The Hall–Kier alpha value is -1.85. The summed E-state index contributed by atoms with van der Waals surface area (Å²) in [7, 11) is -1.21. The van der Waals surface area contributed by atoms with Crippen LogP contribution in [0.1, 0.15) is 11.1 Å². The van der Waals surface area contributed by atoms with Gasteiger partial charge in [0.1, 0.15) is 6.61 Å².